The van der Waals surface area contributed by atoms with E-state index in [4.69, 9.17) is 27.9 Å². The Balaban J connectivity index is 1.90. The second-order valence-electron chi connectivity index (χ2n) is 4.22. The summed E-state index contributed by atoms with van der Waals surface area (Å²) < 4.78 is 5.77. The number of benzene rings is 2. The molecule has 19 heavy (non-hydrogen) atoms. The fourth-order valence-corrected chi connectivity index (χ4v) is 2.04. The van der Waals surface area contributed by atoms with Crippen LogP contribution in [0.5, 0.6) is 5.75 Å². The molecule has 0 aromatic heterocycles. The van der Waals surface area contributed by atoms with Gasteiger partial charge in [0.25, 0.3) is 0 Å². The van der Waals surface area contributed by atoms with Crippen LogP contribution in [-0.2, 0) is 0 Å². The molecular weight excluding hydrogens is 281 g/mol. The predicted octanol–water partition coefficient (Wildman–Crippen LogP) is 4.87. The van der Waals surface area contributed by atoms with Crippen molar-refractivity contribution in [1.29, 1.82) is 0 Å². The Labute approximate surface area is 123 Å². The highest BCUT2D eigenvalue weighted by Gasteiger charge is 2.07. The number of nitrogens with one attached hydrogen (secondary N) is 1. The summed E-state index contributed by atoms with van der Waals surface area (Å²) in [6.45, 7) is 2.63. The molecule has 2 nitrogen and oxygen atoms in total. The highest BCUT2D eigenvalue weighted by molar-refractivity contribution is 6.33. The Morgan fingerprint density at radius 1 is 1.00 bits per heavy atom. The number of halogens is 2. The van der Waals surface area contributed by atoms with E-state index in [1.807, 2.05) is 55.5 Å². The van der Waals surface area contributed by atoms with Crippen LogP contribution in [-0.4, -0.2) is 12.6 Å². The van der Waals surface area contributed by atoms with E-state index in [1.165, 1.54) is 0 Å². The Hall–Kier alpha value is -1.38. The van der Waals surface area contributed by atoms with Gasteiger partial charge in [0.1, 0.15) is 11.9 Å². The quantitative estimate of drug-likeness (QED) is 0.849. The minimum Gasteiger partial charge on any atom is -0.487 e. The van der Waals surface area contributed by atoms with E-state index in [-0.39, 0.29) is 6.10 Å². The van der Waals surface area contributed by atoms with Crippen molar-refractivity contribution in [2.75, 3.05) is 11.9 Å². The van der Waals surface area contributed by atoms with Crippen LogP contribution < -0.4 is 10.1 Å². The first-order chi connectivity index (χ1) is 9.16. The number of ether oxygens (including phenoxy) is 1. The van der Waals surface area contributed by atoms with Gasteiger partial charge in [-0.3, -0.25) is 0 Å². The molecule has 0 spiro atoms. The zero-order valence-electron chi connectivity index (χ0n) is 10.6. The van der Waals surface area contributed by atoms with Crippen molar-refractivity contribution >= 4 is 28.9 Å². The third-order valence-electron chi connectivity index (χ3n) is 2.62. The van der Waals surface area contributed by atoms with Gasteiger partial charge in [0.2, 0.25) is 0 Å². The van der Waals surface area contributed by atoms with E-state index in [0.29, 0.717) is 22.3 Å². The topological polar surface area (TPSA) is 21.3 Å². The lowest BCUT2D eigenvalue weighted by atomic mass is 10.3. The molecule has 0 aliphatic heterocycles. The summed E-state index contributed by atoms with van der Waals surface area (Å²) in [4.78, 5) is 0. The molecule has 1 atom stereocenters. The van der Waals surface area contributed by atoms with Crippen LogP contribution in [0.25, 0.3) is 0 Å². The van der Waals surface area contributed by atoms with E-state index < -0.39 is 0 Å². The summed E-state index contributed by atoms with van der Waals surface area (Å²) in [5.41, 5.74) is 0.902. The summed E-state index contributed by atoms with van der Waals surface area (Å²) >= 11 is 12.1. The van der Waals surface area contributed by atoms with Gasteiger partial charge in [-0.2, -0.15) is 0 Å². The molecule has 0 saturated carbocycles. The van der Waals surface area contributed by atoms with E-state index >= 15 is 0 Å². The number of hydrogen-bond acceptors (Lipinski definition) is 2. The molecule has 0 radical (unpaired) electrons. The van der Waals surface area contributed by atoms with Gasteiger partial charge in [0.15, 0.2) is 0 Å². The normalized spacial score (nSPS) is 11.9. The molecule has 4 heteroatoms. The van der Waals surface area contributed by atoms with Gasteiger partial charge in [0.05, 0.1) is 22.3 Å². The third-order valence-corrected chi connectivity index (χ3v) is 3.26. The lowest BCUT2D eigenvalue weighted by Gasteiger charge is -2.17. The van der Waals surface area contributed by atoms with Crippen LogP contribution in [0.3, 0.4) is 0 Å². The van der Waals surface area contributed by atoms with Gasteiger partial charge < -0.3 is 10.1 Å². The highest BCUT2D eigenvalue weighted by atomic mass is 35.5. The first-order valence-electron chi connectivity index (χ1n) is 6.06. The van der Waals surface area contributed by atoms with Crippen molar-refractivity contribution in [1.82, 2.24) is 0 Å². The number of anilines is 1. The van der Waals surface area contributed by atoms with Crippen molar-refractivity contribution < 1.29 is 4.74 Å². The molecule has 2 aromatic rings. The maximum atomic E-state index is 6.07. The van der Waals surface area contributed by atoms with Crippen molar-refractivity contribution in [3.8, 4) is 5.75 Å². The number of rotatable bonds is 5. The van der Waals surface area contributed by atoms with Crippen LogP contribution in [0.1, 0.15) is 6.92 Å². The van der Waals surface area contributed by atoms with Crippen LogP contribution in [0.4, 0.5) is 5.69 Å². The molecule has 2 rings (SSSR count). The zero-order valence-corrected chi connectivity index (χ0v) is 12.1. The molecule has 2 aromatic carbocycles. The maximum absolute atomic E-state index is 6.07. The molecule has 100 valence electrons. The molecule has 0 fully saturated rings. The smallest absolute Gasteiger partial charge is 0.138 e. The Morgan fingerprint density at radius 3 is 2.32 bits per heavy atom. The van der Waals surface area contributed by atoms with Crippen molar-refractivity contribution in [3.05, 3.63) is 58.6 Å². The van der Waals surface area contributed by atoms with E-state index in [2.05, 4.69) is 5.32 Å². The predicted molar refractivity (Wildman–Crippen MR) is 81.5 cm³/mol. The molecule has 0 amide bonds. The summed E-state index contributed by atoms with van der Waals surface area (Å²) in [7, 11) is 0. The monoisotopic (exact) mass is 295 g/mol. The first kappa shape index (κ1) is 14.0. The summed E-state index contributed by atoms with van der Waals surface area (Å²) in [5, 5.41) is 4.57. The fraction of sp³-hybridized carbons (Fsp3) is 0.200. The zero-order chi connectivity index (χ0) is 13.7. The summed E-state index contributed by atoms with van der Waals surface area (Å²) in [6, 6.07) is 15.1. The second kappa shape index (κ2) is 6.69. The van der Waals surface area contributed by atoms with E-state index in [0.717, 1.165) is 5.69 Å². The van der Waals surface area contributed by atoms with Gasteiger partial charge in [-0.15, -0.1) is 0 Å². The Kier molecular flexibility index (Phi) is 4.94. The molecular formula is C15H15Cl2NO. The first-order valence-corrected chi connectivity index (χ1v) is 6.82. The lowest BCUT2D eigenvalue weighted by Crippen LogP contribution is -2.22. The van der Waals surface area contributed by atoms with E-state index in [9.17, 15) is 0 Å². The molecule has 1 N–H and O–H groups in total. The van der Waals surface area contributed by atoms with E-state index in [1.54, 1.807) is 0 Å². The molecule has 0 heterocycles. The van der Waals surface area contributed by atoms with Crippen molar-refractivity contribution in [2.24, 2.45) is 0 Å². The molecule has 1 unspecified atom stereocenters. The standard InChI is InChI=1S/C15H15Cl2NO/c1-11(19-15-9-5-3-7-13(15)17)10-18-14-8-4-2-6-12(14)16/h2-9,11,18H,10H2,1H3. The van der Waals surface area contributed by atoms with Gasteiger partial charge in [-0.05, 0) is 31.2 Å². The highest BCUT2D eigenvalue weighted by Crippen LogP contribution is 2.25. The number of para-hydroxylation sites is 2. The lowest BCUT2D eigenvalue weighted by molar-refractivity contribution is 0.235. The largest absolute Gasteiger partial charge is 0.487 e. The van der Waals surface area contributed by atoms with Gasteiger partial charge >= 0.3 is 0 Å². The second-order valence-corrected chi connectivity index (χ2v) is 5.03. The SMILES string of the molecule is CC(CNc1ccccc1Cl)Oc1ccccc1Cl. The fourth-order valence-electron chi connectivity index (χ4n) is 1.66. The number of hydrogen-bond donors (Lipinski definition) is 1. The Morgan fingerprint density at radius 2 is 1.63 bits per heavy atom. The van der Waals surface area contributed by atoms with Crippen LogP contribution >= 0.6 is 23.2 Å². The van der Waals surface area contributed by atoms with Crippen molar-refractivity contribution in [3.63, 3.8) is 0 Å². The van der Waals surface area contributed by atoms with Crippen molar-refractivity contribution in [2.45, 2.75) is 13.0 Å². The van der Waals surface area contributed by atoms with Crippen LogP contribution in [0, 0.1) is 0 Å². The maximum Gasteiger partial charge on any atom is 0.138 e. The van der Waals surface area contributed by atoms with Gasteiger partial charge in [-0.1, -0.05) is 47.5 Å². The average Bonchev–Trinajstić information content (AvgIpc) is 2.40. The summed E-state index contributed by atoms with van der Waals surface area (Å²) in [6.07, 6.45) is -0.0174. The van der Waals surface area contributed by atoms with Gasteiger partial charge in [-0.25, -0.2) is 0 Å². The molecule has 0 saturated heterocycles. The Bertz CT molecular complexity index is 545. The average molecular weight is 296 g/mol. The third kappa shape index (κ3) is 4.05. The molecule has 0 bridgehead atoms. The molecule has 0 aliphatic carbocycles. The van der Waals surface area contributed by atoms with Crippen LogP contribution in [0.15, 0.2) is 48.5 Å². The minimum atomic E-state index is -0.0174. The van der Waals surface area contributed by atoms with Crippen LogP contribution in [0.2, 0.25) is 10.0 Å². The van der Waals surface area contributed by atoms with Gasteiger partial charge in [0, 0.05) is 0 Å². The molecule has 0 aliphatic rings. The minimum absolute atomic E-state index is 0.0174. The summed E-state index contributed by atoms with van der Waals surface area (Å²) in [5.74, 6) is 0.692.